The van der Waals surface area contributed by atoms with Gasteiger partial charge in [0, 0.05) is 24.1 Å². The van der Waals surface area contributed by atoms with E-state index in [1.54, 1.807) is 6.07 Å². The van der Waals surface area contributed by atoms with E-state index in [0.29, 0.717) is 18.4 Å². The van der Waals surface area contributed by atoms with Crippen LogP contribution in [0.25, 0.3) is 0 Å². The Balaban J connectivity index is 2.30. The predicted octanol–water partition coefficient (Wildman–Crippen LogP) is 2.26. The highest BCUT2D eigenvalue weighted by Crippen LogP contribution is 2.32. The Morgan fingerprint density at radius 3 is 3.21 bits per heavy atom. The SMILES string of the molecule is CCNC1CCOc2cc(F)ccc21. The van der Waals surface area contributed by atoms with Gasteiger partial charge in [-0.05, 0) is 12.6 Å². The zero-order valence-electron chi connectivity index (χ0n) is 8.22. The number of fused-ring (bicyclic) bond motifs is 1. The number of hydrogen-bond acceptors (Lipinski definition) is 2. The molecule has 1 aromatic rings. The van der Waals surface area contributed by atoms with E-state index in [4.69, 9.17) is 4.74 Å². The van der Waals surface area contributed by atoms with Crippen molar-refractivity contribution < 1.29 is 9.13 Å². The second kappa shape index (κ2) is 3.96. The maximum atomic E-state index is 12.9. The number of rotatable bonds is 2. The first-order valence-electron chi connectivity index (χ1n) is 4.97. The molecule has 2 rings (SSSR count). The average molecular weight is 195 g/mol. The topological polar surface area (TPSA) is 21.3 Å². The Morgan fingerprint density at radius 2 is 2.43 bits per heavy atom. The van der Waals surface area contributed by atoms with Gasteiger partial charge in [0.2, 0.25) is 0 Å². The Labute approximate surface area is 83.1 Å². The molecule has 0 radical (unpaired) electrons. The monoisotopic (exact) mass is 195 g/mol. The Morgan fingerprint density at radius 1 is 1.57 bits per heavy atom. The van der Waals surface area contributed by atoms with Crippen LogP contribution in [-0.2, 0) is 0 Å². The van der Waals surface area contributed by atoms with Gasteiger partial charge in [0.1, 0.15) is 11.6 Å². The summed E-state index contributed by atoms with van der Waals surface area (Å²) in [5.41, 5.74) is 1.07. The molecule has 1 aliphatic rings. The van der Waals surface area contributed by atoms with Crippen LogP contribution in [0.3, 0.4) is 0 Å². The lowest BCUT2D eigenvalue weighted by Gasteiger charge is -2.26. The molecule has 3 heteroatoms. The van der Waals surface area contributed by atoms with Gasteiger partial charge >= 0.3 is 0 Å². The van der Waals surface area contributed by atoms with Crippen LogP contribution < -0.4 is 10.1 Å². The molecule has 1 heterocycles. The number of hydrogen-bond donors (Lipinski definition) is 1. The zero-order valence-corrected chi connectivity index (χ0v) is 8.22. The molecule has 2 nitrogen and oxygen atoms in total. The largest absolute Gasteiger partial charge is 0.493 e. The van der Waals surface area contributed by atoms with Crippen LogP contribution in [0, 0.1) is 5.82 Å². The third-order valence-electron chi connectivity index (χ3n) is 2.47. The van der Waals surface area contributed by atoms with Crippen molar-refractivity contribution in [2.45, 2.75) is 19.4 Å². The first kappa shape index (κ1) is 9.46. The molecule has 1 aromatic carbocycles. The maximum Gasteiger partial charge on any atom is 0.126 e. The van der Waals surface area contributed by atoms with E-state index < -0.39 is 0 Å². The third-order valence-corrected chi connectivity index (χ3v) is 2.47. The average Bonchev–Trinajstić information content (AvgIpc) is 2.18. The summed E-state index contributed by atoms with van der Waals surface area (Å²) in [6.45, 7) is 3.65. The maximum absolute atomic E-state index is 12.9. The summed E-state index contributed by atoms with van der Waals surface area (Å²) < 4.78 is 18.3. The molecular weight excluding hydrogens is 181 g/mol. The molecule has 76 valence electrons. The minimum Gasteiger partial charge on any atom is -0.493 e. The summed E-state index contributed by atoms with van der Waals surface area (Å²) >= 11 is 0. The van der Waals surface area contributed by atoms with Crippen molar-refractivity contribution in [1.82, 2.24) is 5.32 Å². The van der Waals surface area contributed by atoms with Gasteiger partial charge < -0.3 is 10.1 Å². The van der Waals surface area contributed by atoms with Crippen molar-refractivity contribution in [1.29, 1.82) is 0 Å². The minimum atomic E-state index is -0.235. The molecule has 0 saturated heterocycles. The van der Waals surface area contributed by atoms with Gasteiger partial charge in [-0.2, -0.15) is 0 Å². The molecule has 0 fully saturated rings. The summed E-state index contributed by atoms with van der Waals surface area (Å²) in [6, 6.07) is 5.05. The van der Waals surface area contributed by atoms with Crippen molar-refractivity contribution in [2.24, 2.45) is 0 Å². The fourth-order valence-corrected chi connectivity index (χ4v) is 1.82. The lowest BCUT2D eigenvalue weighted by molar-refractivity contribution is 0.253. The van der Waals surface area contributed by atoms with Crippen molar-refractivity contribution in [2.75, 3.05) is 13.2 Å². The molecule has 0 aliphatic carbocycles. The molecular formula is C11H14FNO. The fourth-order valence-electron chi connectivity index (χ4n) is 1.82. The second-order valence-corrected chi connectivity index (χ2v) is 3.43. The van der Waals surface area contributed by atoms with Gasteiger partial charge in [-0.1, -0.05) is 13.0 Å². The van der Waals surface area contributed by atoms with E-state index in [1.165, 1.54) is 12.1 Å². The van der Waals surface area contributed by atoms with E-state index in [2.05, 4.69) is 12.2 Å². The first-order chi connectivity index (χ1) is 6.81. The molecule has 0 amide bonds. The molecule has 0 bridgehead atoms. The zero-order chi connectivity index (χ0) is 9.97. The number of ether oxygens (including phenoxy) is 1. The molecule has 1 N–H and O–H groups in total. The number of halogens is 1. The Bertz CT molecular complexity index is 327. The molecule has 1 unspecified atom stereocenters. The fraction of sp³-hybridized carbons (Fsp3) is 0.455. The van der Waals surface area contributed by atoms with Gasteiger partial charge in [-0.15, -0.1) is 0 Å². The molecule has 14 heavy (non-hydrogen) atoms. The standard InChI is InChI=1S/C11H14FNO/c1-2-13-10-5-6-14-11-7-8(12)3-4-9(10)11/h3-4,7,10,13H,2,5-6H2,1H3. The normalized spacial score (nSPS) is 20.0. The van der Waals surface area contributed by atoms with Crippen LogP contribution in [-0.4, -0.2) is 13.2 Å². The van der Waals surface area contributed by atoms with E-state index in [9.17, 15) is 4.39 Å². The Kier molecular flexibility index (Phi) is 2.68. The van der Waals surface area contributed by atoms with Crippen LogP contribution in [0.2, 0.25) is 0 Å². The smallest absolute Gasteiger partial charge is 0.126 e. The molecule has 0 saturated carbocycles. The number of benzene rings is 1. The van der Waals surface area contributed by atoms with Crippen LogP contribution in [0.15, 0.2) is 18.2 Å². The van der Waals surface area contributed by atoms with Gasteiger partial charge in [0.25, 0.3) is 0 Å². The summed E-state index contributed by atoms with van der Waals surface area (Å²) in [7, 11) is 0. The molecule has 1 aliphatic heterocycles. The van der Waals surface area contributed by atoms with Crippen LogP contribution in [0.4, 0.5) is 4.39 Å². The summed E-state index contributed by atoms with van der Waals surface area (Å²) in [4.78, 5) is 0. The van der Waals surface area contributed by atoms with E-state index in [1.807, 2.05) is 0 Å². The van der Waals surface area contributed by atoms with Gasteiger partial charge in [0.05, 0.1) is 6.61 Å². The van der Waals surface area contributed by atoms with Gasteiger partial charge in [-0.25, -0.2) is 4.39 Å². The lowest BCUT2D eigenvalue weighted by atomic mass is 10.0. The van der Waals surface area contributed by atoms with Crippen molar-refractivity contribution >= 4 is 0 Å². The minimum absolute atomic E-state index is 0.235. The number of nitrogens with one attached hydrogen (secondary N) is 1. The highest BCUT2D eigenvalue weighted by molar-refractivity contribution is 5.37. The van der Waals surface area contributed by atoms with Crippen molar-refractivity contribution in [3.8, 4) is 5.75 Å². The molecule has 0 spiro atoms. The highest BCUT2D eigenvalue weighted by atomic mass is 19.1. The molecule has 0 aromatic heterocycles. The lowest BCUT2D eigenvalue weighted by Crippen LogP contribution is -2.26. The van der Waals surface area contributed by atoms with Crippen LogP contribution in [0.1, 0.15) is 24.9 Å². The first-order valence-corrected chi connectivity index (χ1v) is 4.97. The van der Waals surface area contributed by atoms with Gasteiger partial charge in [-0.3, -0.25) is 0 Å². The third kappa shape index (κ3) is 1.73. The quantitative estimate of drug-likeness (QED) is 0.781. The Hall–Kier alpha value is -1.09. The van der Waals surface area contributed by atoms with Crippen molar-refractivity contribution in [3.63, 3.8) is 0 Å². The van der Waals surface area contributed by atoms with E-state index >= 15 is 0 Å². The van der Waals surface area contributed by atoms with Crippen molar-refractivity contribution in [3.05, 3.63) is 29.6 Å². The predicted molar refractivity (Wildman–Crippen MR) is 52.9 cm³/mol. The summed E-state index contributed by atoms with van der Waals surface area (Å²) in [5.74, 6) is 0.447. The van der Waals surface area contributed by atoms with Crippen LogP contribution in [0.5, 0.6) is 5.75 Å². The van der Waals surface area contributed by atoms with Gasteiger partial charge in [0.15, 0.2) is 0 Å². The van der Waals surface area contributed by atoms with E-state index in [0.717, 1.165) is 18.5 Å². The van der Waals surface area contributed by atoms with Crippen LogP contribution >= 0.6 is 0 Å². The highest BCUT2D eigenvalue weighted by Gasteiger charge is 2.20. The second-order valence-electron chi connectivity index (χ2n) is 3.43. The molecule has 1 atom stereocenters. The summed E-state index contributed by atoms with van der Waals surface area (Å²) in [6.07, 6.45) is 0.951. The van der Waals surface area contributed by atoms with E-state index in [-0.39, 0.29) is 5.82 Å². The summed E-state index contributed by atoms with van der Waals surface area (Å²) in [5, 5.41) is 3.36.